The minimum Gasteiger partial charge on any atom is -0.462 e. The van der Waals surface area contributed by atoms with Gasteiger partial charge in [-0.3, -0.25) is 14.4 Å². The lowest BCUT2D eigenvalue weighted by Crippen LogP contribution is -2.30. The number of carbonyl (C=O) groups is 3. The van der Waals surface area contributed by atoms with Gasteiger partial charge in [-0.15, -0.1) is 0 Å². The van der Waals surface area contributed by atoms with Crippen LogP contribution in [-0.4, -0.2) is 37.2 Å². The van der Waals surface area contributed by atoms with Crippen molar-refractivity contribution in [2.45, 2.75) is 258 Å². The van der Waals surface area contributed by atoms with Gasteiger partial charge in [-0.25, -0.2) is 0 Å². The molecule has 77 heavy (non-hydrogen) atoms. The lowest BCUT2D eigenvalue weighted by atomic mass is 10.1. The Bertz CT molecular complexity index is 1740. The number of esters is 3. The van der Waals surface area contributed by atoms with Gasteiger partial charge in [0, 0.05) is 19.3 Å². The number of ether oxygens (including phenoxy) is 3. The topological polar surface area (TPSA) is 78.9 Å². The fourth-order valence-electron chi connectivity index (χ4n) is 7.93. The Morgan fingerprint density at radius 2 is 0.519 bits per heavy atom. The summed E-state index contributed by atoms with van der Waals surface area (Å²) in [5, 5.41) is 0. The maximum atomic E-state index is 12.9. The van der Waals surface area contributed by atoms with E-state index in [9.17, 15) is 14.4 Å². The molecule has 0 rings (SSSR count). The Hall–Kier alpha value is -4.97. The summed E-state index contributed by atoms with van der Waals surface area (Å²) in [6.07, 6.45) is 92.6. The van der Waals surface area contributed by atoms with E-state index in [1.807, 2.05) is 0 Å². The summed E-state index contributed by atoms with van der Waals surface area (Å²) in [5.74, 6) is -1.06. The summed E-state index contributed by atoms with van der Waals surface area (Å²) in [5.41, 5.74) is 0. The average molecular weight is 1060 g/mol. The van der Waals surface area contributed by atoms with Crippen LogP contribution in [0.5, 0.6) is 0 Å². The van der Waals surface area contributed by atoms with Crippen LogP contribution in [0.25, 0.3) is 0 Å². The van der Waals surface area contributed by atoms with Crippen molar-refractivity contribution in [2.75, 3.05) is 13.2 Å². The molecule has 0 amide bonds. The summed E-state index contributed by atoms with van der Waals surface area (Å²) >= 11 is 0. The fraction of sp³-hybridized carbons (Fsp3) is 0.592. The maximum Gasteiger partial charge on any atom is 0.306 e. The summed E-state index contributed by atoms with van der Waals surface area (Å²) in [7, 11) is 0. The molecule has 6 heteroatoms. The molecule has 0 N–H and O–H groups in total. The molecule has 0 radical (unpaired) electrons. The van der Waals surface area contributed by atoms with Crippen LogP contribution in [0.4, 0.5) is 0 Å². The summed E-state index contributed by atoms with van der Waals surface area (Å²) in [6, 6.07) is 0. The van der Waals surface area contributed by atoms with Crippen molar-refractivity contribution >= 4 is 17.9 Å². The van der Waals surface area contributed by atoms with Gasteiger partial charge >= 0.3 is 17.9 Å². The van der Waals surface area contributed by atoms with E-state index in [1.165, 1.54) is 89.9 Å². The first-order chi connectivity index (χ1) is 38.0. The molecule has 0 aromatic carbocycles. The summed E-state index contributed by atoms with van der Waals surface area (Å²) in [4.78, 5) is 38.2. The first-order valence-corrected chi connectivity index (χ1v) is 31.0. The quantitative estimate of drug-likeness (QED) is 0.0261. The Morgan fingerprint density at radius 3 is 0.844 bits per heavy atom. The van der Waals surface area contributed by atoms with Crippen LogP contribution < -0.4 is 0 Å². The van der Waals surface area contributed by atoms with Gasteiger partial charge in [0.05, 0.1) is 0 Å². The second-order valence-corrected chi connectivity index (χ2v) is 19.8. The van der Waals surface area contributed by atoms with Crippen molar-refractivity contribution in [3.63, 3.8) is 0 Å². The SMILES string of the molecule is CC/C=C\C/C=C\C/C=C\C/C=C\C/C=C\CCCC(=O)OCC(COC(=O)CCCCCCCCCCCC/C=C\C/C=C\C/C=C\CCCCCCC)OC(=O)CCC/C=C\C/C=C\C/C=C\C/C=C\C/C=C\CC. The van der Waals surface area contributed by atoms with Crippen molar-refractivity contribution < 1.29 is 28.6 Å². The number of unbranched alkanes of at least 4 members (excludes halogenated alkanes) is 17. The van der Waals surface area contributed by atoms with E-state index in [0.717, 1.165) is 109 Å². The highest BCUT2D eigenvalue weighted by Crippen LogP contribution is 2.14. The maximum absolute atomic E-state index is 12.9. The molecule has 0 bridgehead atoms. The van der Waals surface area contributed by atoms with E-state index in [-0.39, 0.29) is 44.0 Å². The highest BCUT2D eigenvalue weighted by atomic mass is 16.6. The van der Waals surface area contributed by atoms with E-state index in [1.54, 1.807) is 0 Å². The molecule has 0 saturated heterocycles. The van der Waals surface area contributed by atoms with Gasteiger partial charge in [-0.2, -0.15) is 0 Å². The standard InChI is InChI=1S/C71H112O6/c1-4-7-10-13-16-19-22-25-28-31-32-33-34-35-36-37-38-41-43-46-49-52-55-58-61-64-70(73)76-67-68(77-71(74)65-62-59-56-53-50-47-44-40-30-27-24-21-18-15-12-9-6-3)66-75-69(72)63-60-57-54-51-48-45-42-39-29-26-23-20-17-14-11-8-5-2/h8-9,11-12,17-18,20-22,25-27,29-32,34-35,42,44-45,47,51,53-54,56,68H,4-7,10,13-16,19,23-24,28,33,36-41,43,46,48-50,52,55,57-67H2,1-3H3/b11-8-,12-9-,20-17-,21-18-,25-22-,29-26-,30-27-,32-31-,35-34-,45-42-,47-44-,54-51-,56-53-. The zero-order chi connectivity index (χ0) is 55.7. The highest BCUT2D eigenvalue weighted by Gasteiger charge is 2.19. The van der Waals surface area contributed by atoms with Gasteiger partial charge in [0.25, 0.3) is 0 Å². The molecule has 0 aliphatic rings. The highest BCUT2D eigenvalue weighted by molar-refractivity contribution is 5.71. The molecule has 0 fully saturated rings. The van der Waals surface area contributed by atoms with Gasteiger partial charge in [0.1, 0.15) is 13.2 Å². The predicted octanol–water partition coefficient (Wildman–Crippen LogP) is 21.3. The van der Waals surface area contributed by atoms with E-state index < -0.39 is 6.10 Å². The minimum atomic E-state index is -0.842. The first-order valence-electron chi connectivity index (χ1n) is 31.0. The number of rotatable bonds is 54. The monoisotopic (exact) mass is 1060 g/mol. The number of allylic oxidation sites excluding steroid dienone is 26. The van der Waals surface area contributed by atoms with Crippen molar-refractivity contribution in [1.29, 1.82) is 0 Å². The molecule has 1 atom stereocenters. The molecule has 0 aliphatic carbocycles. The number of carbonyl (C=O) groups excluding carboxylic acids is 3. The number of hydrogen-bond acceptors (Lipinski definition) is 6. The zero-order valence-electron chi connectivity index (χ0n) is 49.4. The second kappa shape index (κ2) is 63.6. The molecular weight excluding hydrogens is 949 g/mol. The predicted molar refractivity (Wildman–Crippen MR) is 334 cm³/mol. The third kappa shape index (κ3) is 61.8. The van der Waals surface area contributed by atoms with E-state index in [4.69, 9.17) is 14.2 Å². The van der Waals surface area contributed by atoms with Crippen LogP contribution in [0, 0.1) is 0 Å². The van der Waals surface area contributed by atoms with E-state index in [0.29, 0.717) is 19.3 Å². The van der Waals surface area contributed by atoms with Crippen LogP contribution >= 0.6 is 0 Å². The third-order valence-corrected chi connectivity index (χ3v) is 12.5. The molecule has 6 nitrogen and oxygen atoms in total. The summed E-state index contributed by atoms with van der Waals surface area (Å²) in [6.45, 7) is 6.29. The van der Waals surface area contributed by atoms with Gasteiger partial charge in [0.2, 0.25) is 0 Å². The van der Waals surface area contributed by atoms with Crippen molar-refractivity contribution in [2.24, 2.45) is 0 Å². The third-order valence-electron chi connectivity index (χ3n) is 12.5. The molecular formula is C71H112O6. The number of hydrogen-bond donors (Lipinski definition) is 0. The largest absolute Gasteiger partial charge is 0.462 e. The lowest BCUT2D eigenvalue weighted by molar-refractivity contribution is -0.167. The molecule has 0 spiro atoms. The van der Waals surface area contributed by atoms with E-state index in [2.05, 4.69) is 179 Å². The molecule has 432 valence electrons. The van der Waals surface area contributed by atoms with Crippen LogP contribution in [0.15, 0.2) is 158 Å². The first kappa shape index (κ1) is 72.0. The summed E-state index contributed by atoms with van der Waals surface area (Å²) < 4.78 is 16.8. The fourth-order valence-corrected chi connectivity index (χ4v) is 7.93. The minimum absolute atomic E-state index is 0.127. The Morgan fingerprint density at radius 1 is 0.273 bits per heavy atom. The molecule has 0 heterocycles. The van der Waals surface area contributed by atoms with Gasteiger partial charge in [0.15, 0.2) is 6.10 Å². The second-order valence-electron chi connectivity index (χ2n) is 19.8. The van der Waals surface area contributed by atoms with Crippen LogP contribution in [0.2, 0.25) is 0 Å². The van der Waals surface area contributed by atoms with Crippen LogP contribution in [0.3, 0.4) is 0 Å². The Balaban J connectivity index is 4.51. The molecule has 0 aliphatic heterocycles. The molecule has 0 aromatic heterocycles. The van der Waals surface area contributed by atoms with E-state index >= 15 is 0 Å². The Labute approximate surface area is 473 Å². The molecule has 1 unspecified atom stereocenters. The average Bonchev–Trinajstić information content (AvgIpc) is 3.43. The molecule has 0 aromatic rings. The smallest absolute Gasteiger partial charge is 0.306 e. The van der Waals surface area contributed by atoms with Gasteiger partial charge < -0.3 is 14.2 Å². The van der Waals surface area contributed by atoms with Gasteiger partial charge in [-0.05, 0) is 135 Å². The Kier molecular flexibility index (Phi) is 59.5. The van der Waals surface area contributed by atoms with Crippen molar-refractivity contribution in [3.8, 4) is 0 Å². The lowest BCUT2D eigenvalue weighted by Gasteiger charge is -2.18. The molecule has 0 saturated carbocycles. The normalized spacial score (nSPS) is 13.2. The van der Waals surface area contributed by atoms with Gasteiger partial charge in [-0.1, -0.05) is 256 Å². The zero-order valence-corrected chi connectivity index (χ0v) is 49.4. The van der Waals surface area contributed by atoms with Crippen molar-refractivity contribution in [1.82, 2.24) is 0 Å². The van der Waals surface area contributed by atoms with Crippen LogP contribution in [0.1, 0.15) is 252 Å². The van der Waals surface area contributed by atoms with Crippen LogP contribution in [-0.2, 0) is 28.6 Å². The van der Waals surface area contributed by atoms with Crippen molar-refractivity contribution in [3.05, 3.63) is 158 Å².